The second kappa shape index (κ2) is 5.14. The maximum absolute atomic E-state index is 13.0. The Bertz CT molecular complexity index is 423. The quantitative estimate of drug-likeness (QED) is 0.806. The molecule has 1 aromatic rings. The standard InChI is InChI=1S/C12H17FN2O2/c1-8-6-9(4-5-10(8)13)17-7-12(2,15-3)11(14)16/h4-6,15H,7H2,1-3H3,(H2,14,16). The Morgan fingerprint density at radius 3 is 2.71 bits per heavy atom. The molecule has 1 atom stereocenters. The molecule has 0 aliphatic rings. The van der Waals surface area contributed by atoms with Crippen LogP contribution in [0.3, 0.4) is 0 Å². The van der Waals surface area contributed by atoms with E-state index < -0.39 is 11.4 Å². The number of nitrogens with two attached hydrogens (primary N) is 1. The van der Waals surface area contributed by atoms with Crippen LogP contribution in [0.2, 0.25) is 0 Å². The molecular weight excluding hydrogens is 223 g/mol. The number of aryl methyl sites for hydroxylation is 1. The normalized spacial score (nSPS) is 14.1. The molecule has 0 saturated heterocycles. The van der Waals surface area contributed by atoms with Crippen LogP contribution in [-0.2, 0) is 4.79 Å². The number of benzene rings is 1. The Morgan fingerprint density at radius 1 is 1.59 bits per heavy atom. The number of hydrogen-bond donors (Lipinski definition) is 2. The molecule has 1 aromatic carbocycles. The van der Waals surface area contributed by atoms with E-state index >= 15 is 0 Å². The van der Waals surface area contributed by atoms with Gasteiger partial charge in [0.15, 0.2) is 0 Å². The molecule has 0 saturated carbocycles. The maximum atomic E-state index is 13.0. The summed E-state index contributed by atoms with van der Waals surface area (Å²) in [6.45, 7) is 3.38. The lowest BCUT2D eigenvalue weighted by molar-refractivity contribution is -0.124. The number of halogens is 1. The van der Waals surface area contributed by atoms with E-state index in [1.54, 1.807) is 27.0 Å². The largest absolute Gasteiger partial charge is 0.491 e. The summed E-state index contributed by atoms with van der Waals surface area (Å²) in [5.74, 6) is -0.283. The Kier molecular flexibility index (Phi) is 4.07. The lowest BCUT2D eigenvalue weighted by Gasteiger charge is -2.25. The van der Waals surface area contributed by atoms with Crippen LogP contribution in [-0.4, -0.2) is 25.1 Å². The third-order valence-corrected chi connectivity index (χ3v) is 2.75. The van der Waals surface area contributed by atoms with Crippen LogP contribution in [0, 0.1) is 12.7 Å². The van der Waals surface area contributed by atoms with Gasteiger partial charge >= 0.3 is 0 Å². The van der Waals surface area contributed by atoms with Crippen LogP contribution in [0.25, 0.3) is 0 Å². The van der Waals surface area contributed by atoms with Crippen molar-refractivity contribution in [2.24, 2.45) is 5.73 Å². The minimum Gasteiger partial charge on any atom is -0.491 e. The average Bonchev–Trinajstić information content (AvgIpc) is 2.30. The van der Waals surface area contributed by atoms with Gasteiger partial charge in [0.05, 0.1) is 0 Å². The number of nitrogens with one attached hydrogen (secondary N) is 1. The predicted molar refractivity (Wildman–Crippen MR) is 63.3 cm³/mol. The highest BCUT2D eigenvalue weighted by molar-refractivity contribution is 5.84. The molecule has 0 aliphatic carbocycles. The van der Waals surface area contributed by atoms with Gasteiger partial charge in [0.2, 0.25) is 5.91 Å². The molecule has 1 rings (SSSR count). The second-order valence-corrected chi connectivity index (χ2v) is 4.15. The van der Waals surface area contributed by atoms with E-state index in [9.17, 15) is 9.18 Å². The minimum atomic E-state index is -0.942. The number of carbonyl (C=O) groups excluding carboxylic acids is 1. The monoisotopic (exact) mass is 240 g/mol. The van der Waals surface area contributed by atoms with Gasteiger partial charge in [0.1, 0.15) is 23.7 Å². The summed E-state index contributed by atoms with van der Waals surface area (Å²) in [5.41, 5.74) is 4.81. The van der Waals surface area contributed by atoms with Crippen molar-refractivity contribution in [3.05, 3.63) is 29.6 Å². The summed E-state index contributed by atoms with van der Waals surface area (Å²) >= 11 is 0. The van der Waals surface area contributed by atoms with Crippen molar-refractivity contribution >= 4 is 5.91 Å². The highest BCUT2D eigenvalue weighted by Gasteiger charge is 2.30. The summed E-state index contributed by atoms with van der Waals surface area (Å²) < 4.78 is 18.5. The first-order valence-corrected chi connectivity index (χ1v) is 5.27. The van der Waals surface area contributed by atoms with Gasteiger partial charge in [-0.3, -0.25) is 4.79 Å². The molecule has 94 valence electrons. The van der Waals surface area contributed by atoms with Crippen molar-refractivity contribution in [1.82, 2.24) is 5.32 Å². The van der Waals surface area contributed by atoms with E-state index in [0.29, 0.717) is 11.3 Å². The first-order valence-electron chi connectivity index (χ1n) is 5.27. The van der Waals surface area contributed by atoms with Crippen LogP contribution in [0.1, 0.15) is 12.5 Å². The first-order chi connectivity index (χ1) is 7.89. The number of amides is 1. The molecule has 5 heteroatoms. The molecule has 1 amide bonds. The van der Waals surface area contributed by atoms with Gasteiger partial charge in [-0.05, 0) is 44.7 Å². The molecule has 17 heavy (non-hydrogen) atoms. The zero-order valence-corrected chi connectivity index (χ0v) is 10.2. The number of ether oxygens (including phenoxy) is 1. The fourth-order valence-corrected chi connectivity index (χ4v) is 1.20. The van der Waals surface area contributed by atoms with Gasteiger partial charge in [-0.15, -0.1) is 0 Å². The smallest absolute Gasteiger partial charge is 0.240 e. The third-order valence-electron chi connectivity index (χ3n) is 2.75. The molecule has 0 radical (unpaired) electrons. The predicted octanol–water partition coefficient (Wildman–Crippen LogP) is 0.976. The van der Waals surface area contributed by atoms with Gasteiger partial charge < -0.3 is 15.8 Å². The summed E-state index contributed by atoms with van der Waals surface area (Å²) in [6.07, 6.45) is 0. The number of rotatable bonds is 5. The van der Waals surface area contributed by atoms with Crippen molar-refractivity contribution in [2.45, 2.75) is 19.4 Å². The fourth-order valence-electron chi connectivity index (χ4n) is 1.20. The minimum absolute atomic E-state index is 0.0872. The average molecular weight is 240 g/mol. The number of carbonyl (C=O) groups is 1. The molecule has 0 aromatic heterocycles. The van der Waals surface area contributed by atoms with Crippen molar-refractivity contribution in [3.8, 4) is 5.75 Å². The Hall–Kier alpha value is -1.62. The number of primary amides is 1. The summed E-state index contributed by atoms with van der Waals surface area (Å²) in [7, 11) is 1.63. The van der Waals surface area contributed by atoms with Gasteiger partial charge in [-0.1, -0.05) is 0 Å². The third kappa shape index (κ3) is 3.17. The molecular formula is C12H17FN2O2. The van der Waals surface area contributed by atoms with Crippen molar-refractivity contribution in [2.75, 3.05) is 13.7 Å². The summed E-state index contributed by atoms with van der Waals surface area (Å²) in [6, 6.07) is 4.41. The molecule has 0 heterocycles. The maximum Gasteiger partial charge on any atom is 0.240 e. The van der Waals surface area contributed by atoms with Crippen molar-refractivity contribution in [1.29, 1.82) is 0 Å². The molecule has 0 spiro atoms. The van der Waals surface area contributed by atoms with Gasteiger partial charge in [-0.2, -0.15) is 0 Å². The van der Waals surface area contributed by atoms with E-state index in [1.807, 2.05) is 0 Å². The molecule has 3 N–H and O–H groups in total. The van der Waals surface area contributed by atoms with Crippen LogP contribution < -0.4 is 15.8 Å². The molecule has 1 unspecified atom stereocenters. The highest BCUT2D eigenvalue weighted by Crippen LogP contribution is 2.17. The topological polar surface area (TPSA) is 64.3 Å². The lowest BCUT2D eigenvalue weighted by atomic mass is 10.0. The molecule has 0 fully saturated rings. The van der Waals surface area contributed by atoms with Crippen molar-refractivity contribution in [3.63, 3.8) is 0 Å². The summed E-state index contributed by atoms with van der Waals surface area (Å²) in [4.78, 5) is 11.2. The van der Waals surface area contributed by atoms with E-state index in [2.05, 4.69) is 5.32 Å². The highest BCUT2D eigenvalue weighted by atomic mass is 19.1. The van der Waals surface area contributed by atoms with Crippen LogP contribution in [0.4, 0.5) is 4.39 Å². The van der Waals surface area contributed by atoms with Crippen LogP contribution in [0.5, 0.6) is 5.75 Å². The SMILES string of the molecule is CNC(C)(COc1ccc(F)c(C)c1)C(N)=O. The summed E-state index contributed by atoms with van der Waals surface area (Å²) in [5, 5.41) is 2.80. The first kappa shape index (κ1) is 13.4. The molecule has 0 aliphatic heterocycles. The van der Waals surface area contributed by atoms with Crippen LogP contribution in [0.15, 0.2) is 18.2 Å². The van der Waals surface area contributed by atoms with Crippen LogP contribution >= 0.6 is 0 Å². The Morgan fingerprint density at radius 2 is 2.24 bits per heavy atom. The van der Waals surface area contributed by atoms with Crippen molar-refractivity contribution < 1.29 is 13.9 Å². The Labute approximate surface area is 100.0 Å². The number of hydrogen-bond acceptors (Lipinski definition) is 3. The number of likely N-dealkylation sites (N-methyl/N-ethyl adjacent to an activating group) is 1. The van der Waals surface area contributed by atoms with Gasteiger partial charge in [-0.25, -0.2) is 4.39 Å². The fraction of sp³-hybridized carbons (Fsp3) is 0.417. The van der Waals surface area contributed by atoms with E-state index in [0.717, 1.165) is 0 Å². The zero-order chi connectivity index (χ0) is 13.1. The van der Waals surface area contributed by atoms with E-state index in [1.165, 1.54) is 12.1 Å². The van der Waals surface area contributed by atoms with Gasteiger partial charge in [0.25, 0.3) is 0 Å². The van der Waals surface area contributed by atoms with E-state index in [4.69, 9.17) is 10.5 Å². The molecule has 4 nitrogen and oxygen atoms in total. The Balaban J connectivity index is 2.73. The van der Waals surface area contributed by atoms with Gasteiger partial charge in [0, 0.05) is 0 Å². The lowest BCUT2D eigenvalue weighted by Crippen LogP contribution is -2.55. The second-order valence-electron chi connectivity index (χ2n) is 4.15. The van der Waals surface area contributed by atoms with E-state index in [-0.39, 0.29) is 12.4 Å². The molecule has 0 bridgehead atoms. The zero-order valence-electron chi connectivity index (χ0n) is 10.2.